The van der Waals surface area contributed by atoms with Crippen LogP contribution in [0.5, 0.6) is 0 Å². The van der Waals surface area contributed by atoms with E-state index in [9.17, 15) is 14.0 Å². The van der Waals surface area contributed by atoms with Crippen LogP contribution in [-0.4, -0.2) is 89.5 Å². The van der Waals surface area contributed by atoms with E-state index < -0.39 is 18.2 Å². The van der Waals surface area contributed by atoms with Crippen LogP contribution in [0.4, 0.5) is 9.18 Å². The predicted octanol–water partition coefficient (Wildman–Crippen LogP) is 1.80. The molecule has 3 aliphatic rings. The minimum atomic E-state index is -0.523. The number of benzene rings is 1. The summed E-state index contributed by atoms with van der Waals surface area (Å²) in [5.74, 6) is 0.481. The summed E-state index contributed by atoms with van der Waals surface area (Å²) in [7, 11) is 1.66. The second-order valence-electron chi connectivity index (χ2n) is 8.70. The Morgan fingerprint density at radius 1 is 1.23 bits per heavy atom. The van der Waals surface area contributed by atoms with Gasteiger partial charge in [0, 0.05) is 56.9 Å². The van der Waals surface area contributed by atoms with Crippen molar-refractivity contribution in [3.63, 3.8) is 0 Å². The number of guanidine groups is 1. The third kappa shape index (κ3) is 4.21. The lowest BCUT2D eigenvalue weighted by molar-refractivity contribution is -0.127. The van der Waals surface area contributed by atoms with Crippen LogP contribution in [0.15, 0.2) is 23.2 Å². The van der Waals surface area contributed by atoms with E-state index in [0.29, 0.717) is 42.7 Å². The summed E-state index contributed by atoms with van der Waals surface area (Å²) in [6.45, 7) is 8.13. The molecule has 168 valence electrons. The van der Waals surface area contributed by atoms with Gasteiger partial charge in [-0.2, -0.15) is 0 Å². The number of carbonyl (C=O) groups excluding carboxylic acids is 2. The van der Waals surface area contributed by atoms with Gasteiger partial charge in [-0.3, -0.25) is 15.0 Å². The number of fused-ring (bicyclic) bond motifs is 1. The third-order valence-corrected chi connectivity index (χ3v) is 6.35. The molecule has 2 atom stereocenters. The molecule has 2 unspecified atom stereocenters. The average Bonchev–Trinajstić information content (AvgIpc) is 3.09. The van der Waals surface area contributed by atoms with E-state index in [4.69, 9.17) is 16.6 Å². The summed E-state index contributed by atoms with van der Waals surface area (Å²) in [5.41, 5.74) is 0.514. The molecule has 0 aliphatic carbocycles. The van der Waals surface area contributed by atoms with Crippen LogP contribution in [0.25, 0.3) is 0 Å². The van der Waals surface area contributed by atoms with Gasteiger partial charge in [0.05, 0.1) is 0 Å². The summed E-state index contributed by atoms with van der Waals surface area (Å²) in [6, 6.07) is 3.80. The molecule has 3 heterocycles. The topological polar surface area (TPSA) is 71.5 Å². The molecular formula is C21H28ClFN6O2. The number of carbonyl (C=O) groups is 2. The van der Waals surface area contributed by atoms with E-state index in [1.165, 1.54) is 11.0 Å². The van der Waals surface area contributed by atoms with E-state index in [-0.39, 0.29) is 11.7 Å². The van der Waals surface area contributed by atoms with Crippen LogP contribution >= 0.6 is 11.6 Å². The number of imide groups is 1. The lowest BCUT2D eigenvalue weighted by Crippen LogP contribution is -2.65. The molecule has 0 bridgehead atoms. The van der Waals surface area contributed by atoms with Crippen LogP contribution in [0.3, 0.4) is 0 Å². The highest BCUT2D eigenvalue weighted by Gasteiger charge is 2.49. The van der Waals surface area contributed by atoms with Crippen LogP contribution in [-0.2, 0) is 11.3 Å². The van der Waals surface area contributed by atoms with E-state index in [1.807, 2.05) is 4.90 Å². The van der Waals surface area contributed by atoms with Crippen molar-refractivity contribution in [3.8, 4) is 0 Å². The standard InChI is InChI=1S/C21H28ClFN6O2/c1-13(2)11-29-17-18(26(3)21(31)25-19(17)30)24-20(29)28-9-7-27(8-10-28)12-14-15(22)5-4-6-16(14)23/h4-6,13,17-18H,7-12H2,1-3H3,(H,25,30,31). The molecule has 3 aliphatic heterocycles. The van der Waals surface area contributed by atoms with Crippen LogP contribution in [0.1, 0.15) is 19.4 Å². The molecule has 0 radical (unpaired) electrons. The summed E-state index contributed by atoms with van der Waals surface area (Å²) < 4.78 is 14.2. The number of nitrogens with one attached hydrogen (secondary N) is 1. The number of halogens is 2. The number of piperazine rings is 1. The summed E-state index contributed by atoms with van der Waals surface area (Å²) in [6.07, 6.45) is -0.523. The summed E-state index contributed by atoms with van der Waals surface area (Å²) in [4.78, 5) is 37.3. The molecular weight excluding hydrogens is 423 g/mol. The van der Waals surface area contributed by atoms with Crippen molar-refractivity contribution < 1.29 is 14.0 Å². The zero-order valence-electron chi connectivity index (χ0n) is 18.0. The number of rotatable bonds is 4. The first-order valence-corrected chi connectivity index (χ1v) is 11.0. The van der Waals surface area contributed by atoms with Gasteiger partial charge in [-0.1, -0.05) is 31.5 Å². The lowest BCUT2D eigenvalue weighted by Gasteiger charge is -2.41. The molecule has 0 aromatic heterocycles. The highest BCUT2D eigenvalue weighted by atomic mass is 35.5. The molecule has 3 amide bonds. The van der Waals surface area contributed by atoms with Crippen molar-refractivity contribution in [2.24, 2.45) is 10.9 Å². The Bertz CT molecular complexity index is 882. The van der Waals surface area contributed by atoms with Crippen LogP contribution in [0.2, 0.25) is 5.02 Å². The van der Waals surface area contributed by atoms with Gasteiger partial charge in [0.25, 0.3) is 5.91 Å². The van der Waals surface area contributed by atoms with E-state index in [2.05, 4.69) is 29.0 Å². The van der Waals surface area contributed by atoms with Gasteiger partial charge in [0.1, 0.15) is 5.82 Å². The summed E-state index contributed by atoms with van der Waals surface area (Å²) in [5, 5.41) is 2.87. The quantitative estimate of drug-likeness (QED) is 0.757. The smallest absolute Gasteiger partial charge is 0.325 e. The number of hydrogen-bond donors (Lipinski definition) is 1. The zero-order valence-corrected chi connectivity index (χ0v) is 18.8. The van der Waals surface area contributed by atoms with Crippen molar-refractivity contribution in [2.45, 2.75) is 32.6 Å². The Labute approximate surface area is 186 Å². The molecule has 2 saturated heterocycles. The minimum Gasteiger partial charge on any atom is -0.340 e. The molecule has 10 heteroatoms. The maximum absolute atomic E-state index is 14.2. The lowest BCUT2D eigenvalue weighted by atomic mass is 10.1. The number of urea groups is 1. The minimum absolute atomic E-state index is 0.291. The van der Waals surface area contributed by atoms with Crippen LogP contribution in [0, 0.1) is 11.7 Å². The number of likely N-dealkylation sites (N-methyl/N-ethyl adjacent to an activating group) is 1. The van der Waals surface area contributed by atoms with E-state index in [1.54, 1.807) is 19.2 Å². The third-order valence-electron chi connectivity index (χ3n) is 6.00. The van der Waals surface area contributed by atoms with Crippen LogP contribution < -0.4 is 5.32 Å². The molecule has 31 heavy (non-hydrogen) atoms. The van der Waals surface area contributed by atoms with Crippen molar-refractivity contribution >= 4 is 29.5 Å². The Hall–Kier alpha value is -2.39. The SMILES string of the molecule is CC(C)CN1C(N2CCN(Cc3c(F)cccc3Cl)CC2)=NC2C1C(=O)NC(=O)N2C. The second kappa shape index (κ2) is 8.63. The maximum atomic E-state index is 14.2. The van der Waals surface area contributed by atoms with Crippen molar-refractivity contribution in [1.29, 1.82) is 0 Å². The Balaban J connectivity index is 1.48. The van der Waals surface area contributed by atoms with Gasteiger partial charge in [-0.05, 0) is 18.1 Å². The molecule has 1 aromatic carbocycles. The molecule has 1 N–H and O–H groups in total. The van der Waals surface area contributed by atoms with Gasteiger partial charge in [-0.25, -0.2) is 14.2 Å². The Morgan fingerprint density at radius 2 is 1.94 bits per heavy atom. The fourth-order valence-corrected chi connectivity index (χ4v) is 4.60. The fourth-order valence-electron chi connectivity index (χ4n) is 4.38. The maximum Gasteiger partial charge on any atom is 0.325 e. The van der Waals surface area contributed by atoms with E-state index in [0.717, 1.165) is 19.0 Å². The fraction of sp³-hybridized carbons (Fsp3) is 0.571. The van der Waals surface area contributed by atoms with Gasteiger partial charge >= 0.3 is 6.03 Å². The molecule has 2 fully saturated rings. The predicted molar refractivity (Wildman–Crippen MR) is 116 cm³/mol. The van der Waals surface area contributed by atoms with Gasteiger partial charge in [0.15, 0.2) is 18.2 Å². The van der Waals surface area contributed by atoms with Crippen molar-refractivity contribution in [2.75, 3.05) is 39.8 Å². The number of nitrogens with zero attached hydrogens (tertiary/aromatic N) is 5. The van der Waals surface area contributed by atoms with Gasteiger partial charge in [0.2, 0.25) is 0 Å². The zero-order chi connectivity index (χ0) is 22.3. The first-order valence-electron chi connectivity index (χ1n) is 10.6. The number of hydrogen-bond acceptors (Lipinski definition) is 6. The molecule has 1 aromatic rings. The molecule has 0 spiro atoms. The summed E-state index contributed by atoms with van der Waals surface area (Å²) >= 11 is 6.18. The van der Waals surface area contributed by atoms with Gasteiger partial charge in [-0.15, -0.1) is 0 Å². The highest BCUT2D eigenvalue weighted by Crippen LogP contribution is 2.27. The normalized spacial score (nSPS) is 24.6. The average molecular weight is 451 g/mol. The highest BCUT2D eigenvalue weighted by molar-refractivity contribution is 6.31. The van der Waals surface area contributed by atoms with Crippen molar-refractivity contribution in [3.05, 3.63) is 34.6 Å². The largest absolute Gasteiger partial charge is 0.340 e. The Morgan fingerprint density at radius 3 is 2.58 bits per heavy atom. The van der Waals surface area contributed by atoms with Crippen molar-refractivity contribution in [1.82, 2.24) is 24.9 Å². The first-order chi connectivity index (χ1) is 14.8. The number of aliphatic imine (C=N–C) groups is 1. The molecule has 0 saturated carbocycles. The monoisotopic (exact) mass is 450 g/mol. The number of amides is 3. The second-order valence-corrected chi connectivity index (χ2v) is 9.11. The first kappa shape index (κ1) is 21.8. The molecule has 8 nitrogen and oxygen atoms in total. The Kier molecular flexibility index (Phi) is 6.07. The molecule has 4 rings (SSSR count). The van der Waals surface area contributed by atoms with Gasteiger partial charge < -0.3 is 14.7 Å². The van der Waals surface area contributed by atoms with E-state index >= 15 is 0 Å².